The van der Waals surface area contributed by atoms with Crippen molar-refractivity contribution in [3.8, 4) is 0 Å². The Bertz CT molecular complexity index is 121. The van der Waals surface area contributed by atoms with Crippen LogP contribution in [0.3, 0.4) is 0 Å². The fraction of sp³-hybridized carbons (Fsp3) is 0.667. The maximum Gasteiger partial charge on any atom is 0.158 e. The molecule has 0 rings (SSSR count). The number of hydrogen-bond donors (Lipinski definition) is 2. The smallest absolute Gasteiger partial charge is 0.158 e. The van der Waals surface area contributed by atoms with Gasteiger partial charge in [-0.25, -0.2) is 0 Å². The highest BCUT2D eigenvalue weighted by Gasteiger charge is 2.10. The van der Waals surface area contributed by atoms with Gasteiger partial charge >= 0.3 is 0 Å². The van der Waals surface area contributed by atoms with Gasteiger partial charge in [0, 0.05) is 12.3 Å². The first kappa shape index (κ1) is 9.26. The summed E-state index contributed by atoms with van der Waals surface area (Å²) in [5, 5.41) is 16.6. The van der Waals surface area contributed by atoms with E-state index in [9.17, 15) is 9.59 Å². The Morgan fingerprint density at radius 1 is 1.50 bits per heavy atom. The second-order valence-corrected chi connectivity index (χ2v) is 1.98. The molecule has 10 heavy (non-hydrogen) atoms. The SMILES string of the molecule is O=CC(CO)CC(=O)CO. The van der Waals surface area contributed by atoms with Crippen molar-refractivity contribution in [2.75, 3.05) is 13.2 Å². The Morgan fingerprint density at radius 3 is 2.40 bits per heavy atom. The zero-order valence-corrected chi connectivity index (χ0v) is 5.49. The van der Waals surface area contributed by atoms with Gasteiger partial charge in [-0.05, 0) is 0 Å². The molecule has 0 radical (unpaired) electrons. The van der Waals surface area contributed by atoms with Gasteiger partial charge in [-0.15, -0.1) is 0 Å². The van der Waals surface area contributed by atoms with Crippen LogP contribution >= 0.6 is 0 Å². The predicted octanol–water partition coefficient (Wildman–Crippen LogP) is -1.25. The van der Waals surface area contributed by atoms with Gasteiger partial charge in [-0.3, -0.25) is 4.79 Å². The molecule has 58 valence electrons. The van der Waals surface area contributed by atoms with Crippen molar-refractivity contribution < 1.29 is 19.8 Å². The van der Waals surface area contributed by atoms with E-state index in [1.54, 1.807) is 0 Å². The highest BCUT2D eigenvalue weighted by atomic mass is 16.3. The Balaban J connectivity index is 3.62. The minimum absolute atomic E-state index is 0.0729. The summed E-state index contributed by atoms with van der Waals surface area (Å²) in [7, 11) is 0. The second kappa shape index (κ2) is 5.08. The molecule has 0 fully saturated rings. The highest BCUT2D eigenvalue weighted by molar-refractivity contribution is 5.82. The molecule has 0 amide bonds. The van der Waals surface area contributed by atoms with Gasteiger partial charge < -0.3 is 15.0 Å². The van der Waals surface area contributed by atoms with Crippen molar-refractivity contribution in [1.29, 1.82) is 0 Å². The third-order valence-electron chi connectivity index (χ3n) is 1.09. The lowest BCUT2D eigenvalue weighted by Crippen LogP contribution is -2.15. The lowest BCUT2D eigenvalue weighted by Gasteiger charge is -2.01. The van der Waals surface area contributed by atoms with Crippen LogP contribution in [0.15, 0.2) is 0 Å². The van der Waals surface area contributed by atoms with Crippen molar-refractivity contribution in [3.63, 3.8) is 0 Å². The van der Waals surface area contributed by atoms with Crippen molar-refractivity contribution in [1.82, 2.24) is 0 Å². The number of carbonyl (C=O) groups is 2. The van der Waals surface area contributed by atoms with E-state index in [2.05, 4.69) is 0 Å². The average Bonchev–Trinajstić information content (AvgIpc) is 1.99. The zero-order chi connectivity index (χ0) is 7.98. The first-order valence-electron chi connectivity index (χ1n) is 2.93. The molecule has 0 saturated carbocycles. The van der Waals surface area contributed by atoms with Gasteiger partial charge in [0.1, 0.15) is 12.9 Å². The maximum atomic E-state index is 10.4. The van der Waals surface area contributed by atoms with Gasteiger partial charge in [0.2, 0.25) is 0 Å². The number of aliphatic hydroxyl groups is 2. The number of aldehydes is 1. The minimum Gasteiger partial charge on any atom is -0.396 e. The Labute approximate surface area is 58.5 Å². The van der Waals surface area contributed by atoms with Crippen molar-refractivity contribution in [2.24, 2.45) is 5.92 Å². The van der Waals surface area contributed by atoms with Gasteiger partial charge in [-0.2, -0.15) is 0 Å². The molecule has 4 nitrogen and oxygen atoms in total. The Morgan fingerprint density at radius 2 is 2.10 bits per heavy atom. The summed E-state index contributed by atoms with van der Waals surface area (Å²) >= 11 is 0. The van der Waals surface area contributed by atoms with Crippen LogP contribution in [-0.2, 0) is 9.59 Å². The first-order valence-corrected chi connectivity index (χ1v) is 2.93. The third-order valence-corrected chi connectivity index (χ3v) is 1.09. The molecule has 0 saturated heterocycles. The Hall–Kier alpha value is -0.740. The van der Waals surface area contributed by atoms with E-state index in [4.69, 9.17) is 10.2 Å². The summed E-state index contributed by atoms with van der Waals surface area (Å²) in [5.41, 5.74) is 0. The van der Waals surface area contributed by atoms with Gasteiger partial charge in [0.25, 0.3) is 0 Å². The number of hydrogen-bond acceptors (Lipinski definition) is 4. The summed E-state index contributed by atoms with van der Waals surface area (Å²) in [4.78, 5) is 20.4. The van der Waals surface area contributed by atoms with E-state index in [-0.39, 0.29) is 13.0 Å². The van der Waals surface area contributed by atoms with E-state index < -0.39 is 18.3 Å². The third kappa shape index (κ3) is 3.32. The molecular formula is C6H10O4. The van der Waals surface area contributed by atoms with E-state index >= 15 is 0 Å². The number of Topliss-reactive ketones (excluding diaryl/α,β-unsaturated/α-hetero) is 1. The normalized spacial score (nSPS) is 12.6. The quantitative estimate of drug-likeness (QED) is 0.475. The molecule has 0 aromatic rings. The first-order chi connectivity index (χ1) is 4.74. The monoisotopic (exact) mass is 146 g/mol. The summed E-state index contributed by atoms with van der Waals surface area (Å²) in [6.45, 7) is -0.903. The summed E-state index contributed by atoms with van der Waals surface area (Å²) in [6.07, 6.45) is 0.435. The van der Waals surface area contributed by atoms with E-state index in [1.165, 1.54) is 0 Å². The minimum atomic E-state index is -0.653. The fourth-order valence-electron chi connectivity index (χ4n) is 0.513. The van der Waals surface area contributed by atoms with Gasteiger partial charge in [0.05, 0.1) is 6.61 Å². The summed E-state index contributed by atoms with van der Waals surface area (Å²) < 4.78 is 0. The molecule has 0 bridgehead atoms. The van der Waals surface area contributed by atoms with Crippen molar-refractivity contribution >= 4 is 12.1 Å². The maximum absolute atomic E-state index is 10.4. The van der Waals surface area contributed by atoms with Crippen LogP contribution < -0.4 is 0 Å². The molecule has 4 heteroatoms. The molecule has 0 aromatic heterocycles. The molecule has 0 heterocycles. The van der Waals surface area contributed by atoms with E-state index in [0.29, 0.717) is 6.29 Å². The molecular weight excluding hydrogens is 136 g/mol. The number of rotatable bonds is 5. The molecule has 2 N–H and O–H groups in total. The summed E-state index contributed by atoms with van der Waals surface area (Å²) in [6, 6.07) is 0. The van der Waals surface area contributed by atoms with E-state index in [0.717, 1.165) is 0 Å². The van der Waals surface area contributed by atoms with Crippen LogP contribution in [-0.4, -0.2) is 35.5 Å². The highest BCUT2D eigenvalue weighted by Crippen LogP contribution is 1.97. The topological polar surface area (TPSA) is 74.6 Å². The van der Waals surface area contributed by atoms with Crippen molar-refractivity contribution in [3.05, 3.63) is 0 Å². The van der Waals surface area contributed by atoms with Gasteiger partial charge in [0.15, 0.2) is 5.78 Å². The standard InChI is InChI=1S/C6H10O4/c7-2-5(3-8)1-6(10)4-9/h2,5,8-9H,1,3-4H2. The van der Waals surface area contributed by atoms with E-state index in [1.807, 2.05) is 0 Å². The van der Waals surface area contributed by atoms with Crippen molar-refractivity contribution in [2.45, 2.75) is 6.42 Å². The Kier molecular flexibility index (Phi) is 4.70. The molecule has 1 atom stereocenters. The molecule has 0 spiro atoms. The summed E-state index contributed by atoms with van der Waals surface area (Å²) in [5.74, 6) is -1.08. The van der Waals surface area contributed by atoms with Gasteiger partial charge in [-0.1, -0.05) is 0 Å². The van der Waals surface area contributed by atoms with Crippen LogP contribution in [0.1, 0.15) is 6.42 Å². The van der Waals surface area contributed by atoms with Crippen LogP contribution in [0.5, 0.6) is 0 Å². The molecule has 0 aliphatic carbocycles. The molecule has 0 aliphatic heterocycles. The lowest BCUT2D eigenvalue weighted by molar-refractivity contribution is -0.125. The number of aliphatic hydroxyl groups excluding tert-OH is 2. The second-order valence-electron chi connectivity index (χ2n) is 1.98. The molecule has 0 aromatic carbocycles. The predicted molar refractivity (Wildman–Crippen MR) is 33.3 cm³/mol. The number of ketones is 1. The largest absolute Gasteiger partial charge is 0.396 e. The fourth-order valence-corrected chi connectivity index (χ4v) is 0.513. The van der Waals surface area contributed by atoms with Crippen LogP contribution in [0.2, 0.25) is 0 Å². The van der Waals surface area contributed by atoms with Crippen LogP contribution in [0, 0.1) is 5.92 Å². The zero-order valence-electron chi connectivity index (χ0n) is 5.49. The lowest BCUT2D eigenvalue weighted by atomic mass is 10.1. The van der Waals surface area contributed by atoms with Crippen LogP contribution in [0.25, 0.3) is 0 Å². The average molecular weight is 146 g/mol. The molecule has 1 unspecified atom stereocenters. The number of carbonyl (C=O) groups excluding carboxylic acids is 2. The van der Waals surface area contributed by atoms with Crippen LogP contribution in [0.4, 0.5) is 0 Å². The molecule has 0 aliphatic rings.